The normalized spacial score (nSPS) is 16.5. The second-order valence-electron chi connectivity index (χ2n) is 7.00. The van der Waals surface area contributed by atoms with E-state index in [1.54, 1.807) is 0 Å². The third kappa shape index (κ3) is 4.77. The fourth-order valence-corrected chi connectivity index (χ4v) is 14.6. The highest BCUT2D eigenvalue weighted by atomic mass is 28.5. The molecule has 0 aliphatic carbocycles. The van der Waals surface area contributed by atoms with Crippen LogP contribution in [0, 0.1) is 0 Å². The van der Waals surface area contributed by atoms with Crippen molar-refractivity contribution in [1.82, 2.24) is 0 Å². The largest absolute Gasteiger partial charge is 0.430 e. The van der Waals surface area contributed by atoms with Crippen LogP contribution in [0.25, 0.3) is 0 Å². The van der Waals surface area contributed by atoms with Crippen molar-refractivity contribution in [3.63, 3.8) is 0 Å². The van der Waals surface area contributed by atoms with Crippen molar-refractivity contribution in [2.45, 2.75) is 26.2 Å². The molecule has 0 heterocycles. The number of hydrogen-bond acceptors (Lipinski definition) is 2. The molecule has 0 aromatic heterocycles. The van der Waals surface area contributed by atoms with Gasteiger partial charge in [-0.25, -0.2) is 0 Å². The van der Waals surface area contributed by atoms with Crippen LogP contribution >= 0.6 is 0 Å². The number of rotatable bonds is 8. The van der Waals surface area contributed by atoms with Gasteiger partial charge in [0.2, 0.25) is 8.32 Å². The van der Waals surface area contributed by atoms with Gasteiger partial charge < -0.3 is 8.23 Å². The third-order valence-corrected chi connectivity index (χ3v) is 15.9. The molecular formula is C20H28O2Si3. The highest BCUT2D eigenvalue weighted by Crippen LogP contribution is 2.22. The molecule has 0 radical (unpaired) electrons. The Hall–Kier alpha value is -1.51. The molecule has 0 fully saturated rings. The van der Waals surface area contributed by atoms with E-state index in [0.717, 1.165) is 5.19 Å². The molecule has 0 N–H and O–H groups in total. The second-order valence-corrected chi connectivity index (χ2v) is 17.9. The van der Waals surface area contributed by atoms with Crippen LogP contribution in [-0.4, -0.2) is 25.2 Å². The molecule has 0 aliphatic heterocycles. The molecule has 2 aromatic carbocycles. The van der Waals surface area contributed by atoms with Crippen molar-refractivity contribution in [3.8, 4) is 0 Å². The van der Waals surface area contributed by atoms with Crippen molar-refractivity contribution in [1.29, 1.82) is 0 Å². The van der Waals surface area contributed by atoms with Gasteiger partial charge in [-0.2, -0.15) is 0 Å². The molecule has 2 nitrogen and oxygen atoms in total. The Morgan fingerprint density at radius 1 is 0.680 bits per heavy atom. The smallest absolute Gasteiger partial charge is 0.349 e. The molecule has 2 rings (SSSR count). The minimum Gasteiger partial charge on any atom is -0.430 e. The Morgan fingerprint density at radius 3 is 1.60 bits per heavy atom. The van der Waals surface area contributed by atoms with Crippen LogP contribution in [0.5, 0.6) is 0 Å². The minimum absolute atomic E-state index is 1.15. The lowest BCUT2D eigenvalue weighted by Crippen LogP contribution is -2.64. The van der Waals surface area contributed by atoms with E-state index >= 15 is 0 Å². The molecule has 0 bridgehead atoms. The summed E-state index contributed by atoms with van der Waals surface area (Å²) in [5.41, 5.74) is 3.97. The van der Waals surface area contributed by atoms with Crippen LogP contribution in [0.4, 0.5) is 0 Å². The zero-order valence-electron chi connectivity index (χ0n) is 15.7. The second kappa shape index (κ2) is 7.80. The number of hydrogen-bond donors (Lipinski definition) is 0. The molecule has 0 amide bonds. The van der Waals surface area contributed by atoms with Crippen LogP contribution in [0.15, 0.2) is 85.2 Å². The summed E-state index contributed by atoms with van der Waals surface area (Å²) in [5, 5.41) is 2.36. The lowest BCUT2D eigenvalue weighted by atomic mass is 10.4. The van der Waals surface area contributed by atoms with Gasteiger partial charge in [0.15, 0.2) is 8.32 Å². The van der Waals surface area contributed by atoms with Crippen molar-refractivity contribution < 1.29 is 8.23 Å². The van der Waals surface area contributed by atoms with Crippen LogP contribution < -0.4 is 10.4 Å². The third-order valence-electron chi connectivity index (χ3n) is 4.39. The van der Waals surface area contributed by atoms with Crippen molar-refractivity contribution >= 4 is 35.6 Å². The molecule has 132 valence electrons. The Labute approximate surface area is 155 Å². The van der Waals surface area contributed by atoms with Gasteiger partial charge in [-0.1, -0.05) is 72.1 Å². The van der Waals surface area contributed by atoms with Crippen molar-refractivity contribution in [2.24, 2.45) is 0 Å². The Kier molecular flexibility index (Phi) is 6.18. The lowest BCUT2D eigenvalue weighted by Gasteiger charge is -2.40. The van der Waals surface area contributed by atoms with Gasteiger partial charge in [-0.05, 0) is 36.6 Å². The quantitative estimate of drug-likeness (QED) is 0.637. The van der Waals surface area contributed by atoms with Crippen LogP contribution in [0.2, 0.25) is 26.2 Å². The van der Waals surface area contributed by atoms with Gasteiger partial charge in [-0.3, -0.25) is 0 Å². The zero-order chi connectivity index (χ0) is 18.6. The lowest BCUT2D eigenvalue weighted by molar-refractivity contribution is 0.412. The van der Waals surface area contributed by atoms with Gasteiger partial charge in [0, 0.05) is 0 Å². The Balaban J connectivity index is 2.49. The van der Waals surface area contributed by atoms with Crippen LogP contribution in [0.1, 0.15) is 0 Å². The molecule has 5 heteroatoms. The first-order valence-electron chi connectivity index (χ1n) is 8.53. The van der Waals surface area contributed by atoms with E-state index in [4.69, 9.17) is 8.23 Å². The molecule has 2 unspecified atom stereocenters. The summed E-state index contributed by atoms with van der Waals surface area (Å²) < 4.78 is 13.6. The first-order chi connectivity index (χ1) is 11.7. The summed E-state index contributed by atoms with van der Waals surface area (Å²) >= 11 is 0. The maximum absolute atomic E-state index is 6.91. The predicted octanol–water partition coefficient (Wildman–Crippen LogP) is 4.14. The highest BCUT2D eigenvalue weighted by molar-refractivity contribution is 7.00. The molecule has 0 saturated carbocycles. The van der Waals surface area contributed by atoms with E-state index in [9.17, 15) is 0 Å². The molecule has 0 saturated heterocycles. The van der Waals surface area contributed by atoms with Crippen LogP contribution in [0.3, 0.4) is 0 Å². The summed E-state index contributed by atoms with van der Waals surface area (Å²) in [6.45, 7) is 16.7. The van der Waals surface area contributed by atoms with Gasteiger partial charge in [-0.15, -0.1) is 13.2 Å². The molecule has 0 spiro atoms. The van der Waals surface area contributed by atoms with Gasteiger partial charge >= 0.3 is 8.56 Å². The standard InChI is InChI=1S/C20H28O2Si3/c1-7-23(3,4)21-25(6,20-17-13-10-14-18-20)22-24(5,8-2)19-15-11-9-12-16-19/h7-18H,1-2H2,3-6H3. The van der Waals surface area contributed by atoms with E-state index in [2.05, 4.69) is 75.7 Å². The van der Waals surface area contributed by atoms with Gasteiger partial charge in [0.25, 0.3) is 0 Å². The van der Waals surface area contributed by atoms with E-state index in [-0.39, 0.29) is 0 Å². The molecule has 25 heavy (non-hydrogen) atoms. The van der Waals surface area contributed by atoms with E-state index in [0.29, 0.717) is 0 Å². The predicted molar refractivity (Wildman–Crippen MR) is 115 cm³/mol. The fraction of sp³-hybridized carbons (Fsp3) is 0.200. The summed E-state index contributed by atoms with van der Waals surface area (Å²) in [7, 11) is -7.00. The molecule has 0 aliphatic rings. The summed E-state index contributed by atoms with van der Waals surface area (Å²) in [6.07, 6.45) is 0. The monoisotopic (exact) mass is 384 g/mol. The van der Waals surface area contributed by atoms with E-state index in [1.807, 2.05) is 35.7 Å². The molecule has 2 aromatic rings. The van der Waals surface area contributed by atoms with Crippen molar-refractivity contribution in [3.05, 3.63) is 85.2 Å². The van der Waals surface area contributed by atoms with E-state index in [1.165, 1.54) is 5.19 Å². The zero-order valence-corrected chi connectivity index (χ0v) is 18.7. The average molecular weight is 385 g/mol. The number of benzene rings is 2. The first-order valence-corrected chi connectivity index (χ1v) is 16.3. The Morgan fingerprint density at radius 2 is 1.16 bits per heavy atom. The maximum Gasteiger partial charge on any atom is 0.349 e. The molecular weight excluding hydrogens is 356 g/mol. The van der Waals surface area contributed by atoms with Crippen molar-refractivity contribution in [2.75, 3.05) is 0 Å². The summed E-state index contributed by atoms with van der Waals surface area (Å²) in [4.78, 5) is 0. The fourth-order valence-electron chi connectivity index (χ4n) is 2.82. The summed E-state index contributed by atoms with van der Waals surface area (Å²) in [5.74, 6) is 0. The SMILES string of the molecule is C=C[Si](C)(C)O[Si](C)(O[Si](C)(C=C)c1ccccc1)c1ccccc1. The van der Waals surface area contributed by atoms with Crippen LogP contribution in [-0.2, 0) is 8.23 Å². The van der Waals surface area contributed by atoms with Gasteiger partial charge in [0.1, 0.15) is 0 Å². The average Bonchev–Trinajstić information content (AvgIpc) is 2.62. The summed E-state index contributed by atoms with van der Waals surface area (Å²) in [6, 6.07) is 20.7. The van der Waals surface area contributed by atoms with E-state index < -0.39 is 25.2 Å². The maximum atomic E-state index is 6.91. The highest BCUT2D eigenvalue weighted by Gasteiger charge is 2.45. The minimum atomic E-state index is -2.64. The Bertz CT molecular complexity index is 718. The van der Waals surface area contributed by atoms with Gasteiger partial charge in [0.05, 0.1) is 0 Å². The first kappa shape index (κ1) is 19.8. The topological polar surface area (TPSA) is 18.5 Å². The molecule has 2 atom stereocenters.